The molecule has 1 fully saturated rings. The molecule has 18 heavy (non-hydrogen) atoms. The fraction of sp³-hybridized carbons (Fsp3) is 0.400. The van der Waals surface area contributed by atoms with Gasteiger partial charge in [-0.1, -0.05) is 30.3 Å². The highest BCUT2D eigenvalue weighted by molar-refractivity contribution is 5.60. The first-order valence-corrected chi connectivity index (χ1v) is 6.55. The van der Waals surface area contributed by atoms with E-state index in [1.54, 1.807) is 0 Å². The van der Waals surface area contributed by atoms with Gasteiger partial charge in [0.1, 0.15) is 0 Å². The Kier molecular flexibility index (Phi) is 2.92. The first kappa shape index (κ1) is 11.5. The predicted octanol–water partition coefficient (Wildman–Crippen LogP) is 2.94. The standard InChI is InChI=1S/C15H18N2O/c1-11-10-14(12-6-3-2-4-7-12)17(16-11)13-8-5-9-15(13)18/h2-4,6-7,10,13,15,18H,5,8-9H2,1H3/t13-,15-/m0/s1. The summed E-state index contributed by atoms with van der Waals surface area (Å²) in [4.78, 5) is 0. The molecule has 1 aromatic carbocycles. The lowest BCUT2D eigenvalue weighted by Crippen LogP contribution is -2.20. The number of nitrogens with zero attached hydrogens (tertiary/aromatic N) is 2. The summed E-state index contributed by atoms with van der Waals surface area (Å²) < 4.78 is 2.02. The van der Waals surface area contributed by atoms with Crippen molar-refractivity contribution in [2.45, 2.75) is 38.3 Å². The molecule has 3 rings (SSSR count). The van der Waals surface area contributed by atoms with Crippen LogP contribution in [0.2, 0.25) is 0 Å². The summed E-state index contributed by atoms with van der Waals surface area (Å²) in [5, 5.41) is 14.6. The maximum atomic E-state index is 10.1. The first-order chi connectivity index (χ1) is 8.75. The third-order valence-electron chi connectivity index (χ3n) is 3.69. The van der Waals surface area contributed by atoms with Crippen LogP contribution in [0.4, 0.5) is 0 Å². The molecule has 1 aromatic heterocycles. The second-order valence-electron chi connectivity index (χ2n) is 5.05. The minimum atomic E-state index is -0.258. The first-order valence-electron chi connectivity index (χ1n) is 6.55. The van der Waals surface area contributed by atoms with Gasteiger partial charge in [0.25, 0.3) is 0 Å². The molecule has 2 atom stereocenters. The van der Waals surface area contributed by atoms with E-state index in [1.807, 2.05) is 29.8 Å². The van der Waals surface area contributed by atoms with E-state index >= 15 is 0 Å². The topological polar surface area (TPSA) is 38.0 Å². The molecule has 94 valence electrons. The quantitative estimate of drug-likeness (QED) is 0.879. The predicted molar refractivity (Wildman–Crippen MR) is 71.3 cm³/mol. The monoisotopic (exact) mass is 242 g/mol. The van der Waals surface area contributed by atoms with E-state index in [0.29, 0.717) is 0 Å². The fourth-order valence-electron chi connectivity index (χ4n) is 2.80. The van der Waals surface area contributed by atoms with Crippen molar-refractivity contribution < 1.29 is 5.11 Å². The molecule has 0 saturated heterocycles. The van der Waals surface area contributed by atoms with E-state index in [2.05, 4.69) is 23.3 Å². The zero-order valence-electron chi connectivity index (χ0n) is 10.6. The molecule has 1 aliphatic rings. The van der Waals surface area contributed by atoms with Crippen molar-refractivity contribution in [3.05, 3.63) is 42.1 Å². The summed E-state index contributed by atoms with van der Waals surface area (Å²) in [5.41, 5.74) is 3.28. The van der Waals surface area contributed by atoms with Crippen LogP contribution in [0, 0.1) is 6.92 Å². The summed E-state index contributed by atoms with van der Waals surface area (Å²) in [6, 6.07) is 12.5. The lowest BCUT2D eigenvalue weighted by atomic mass is 10.1. The molecule has 3 nitrogen and oxygen atoms in total. The van der Waals surface area contributed by atoms with Gasteiger partial charge in [-0.3, -0.25) is 4.68 Å². The van der Waals surface area contributed by atoms with Crippen LogP contribution in [0.5, 0.6) is 0 Å². The molecule has 0 bridgehead atoms. The van der Waals surface area contributed by atoms with Crippen molar-refractivity contribution in [3.63, 3.8) is 0 Å². The van der Waals surface area contributed by atoms with Crippen molar-refractivity contribution >= 4 is 0 Å². The Morgan fingerprint density at radius 2 is 2.00 bits per heavy atom. The number of rotatable bonds is 2. The SMILES string of the molecule is Cc1cc(-c2ccccc2)n([C@H]2CCC[C@@H]2O)n1. The van der Waals surface area contributed by atoms with Gasteiger partial charge in [0, 0.05) is 0 Å². The molecule has 0 amide bonds. The van der Waals surface area contributed by atoms with Crippen LogP contribution < -0.4 is 0 Å². The van der Waals surface area contributed by atoms with Crippen LogP contribution in [0.3, 0.4) is 0 Å². The molecule has 1 N–H and O–H groups in total. The number of aromatic nitrogens is 2. The van der Waals surface area contributed by atoms with Crippen LogP contribution >= 0.6 is 0 Å². The smallest absolute Gasteiger partial charge is 0.0785 e. The van der Waals surface area contributed by atoms with Gasteiger partial charge >= 0.3 is 0 Å². The van der Waals surface area contributed by atoms with E-state index in [9.17, 15) is 5.11 Å². The number of aryl methyl sites for hydroxylation is 1. The van der Waals surface area contributed by atoms with Crippen LogP contribution in [-0.4, -0.2) is 21.0 Å². The molecule has 1 aliphatic carbocycles. The molecule has 3 heteroatoms. The van der Waals surface area contributed by atoms with Crippen molar-refractivity contribution in [1.29, 1.82) is 0 Å². The van der Waals surface area contributed by atoms with Gasteiger partial charge in [-0.05, 0) is 37.8 Å². The number of hydrogen-bond donors (Lipinski definition) is 1. The summed E-state index contributed by atoms with van der Waals surface area (Å²) in [5.74, 6) is 0. The summed E-state index contributed by atoms with van der Waals surface area (Å²) in [6.45, 7) is 2.00. The van der Waals surface area contributed by atoms with Gasteiger partial charge in [0.05, 0.1) is 23.5 Å². The molecule has 0 radical (unpaired) electrons. The molecular weight excluding hydrogens is 224 g/mol. The number of aliphatic hydroxyl groups is 1. The van der Waals surface area contributed by atoms with E-state index < -0.39 is 0 Å². The van der Waals surface area contributed by atoms with Gasteiger partial charge in [-0.15, -0.1) is 0 Å². The Balaban J connectivity index is 2.05. The van der Waals surface area contributed by atoms with E-state index in [1.165, 1.54) is 0 Å². The summed E-state index contributed by atoms with van der Waals surface area (Å²) in [6.07, 6.45) is 2.73. The zero-order valence-corrected chi connectivity index (χ0v) is 10.6. The Morgan fingerprint density at radius 1 is 1.22 bits per heavy atom. The second-order valence-corrected chi connectivity index (χ2v) is 5.05. The van der Waals surface area contributed by atoms with Gasteiger partial charge in [0.15, 0.2) is 0 Å². The third kappa shape index (κ3) is 1.95. The van der Waals surface area contributed by atoms with Crippen molar-refractivity contribution in [2.24, 2.45) is 0 Å². The van der Waals surface area contributed by atoms with Gasteiger partial charge in [0.2, 0.25) is 0 Å². The summed E-state index contributed by atoms with van der Waals surface area (Å²) >= 11 is 0. The Hall–Kier alpha value is -1.61. The molecule has 0 unspecified atom stereocenters. The number of hydrogen-bond acceptors (Lipinski definition) is 2. The lowest BCUT2D eigenvalue weighted by Gasteiger charge is -2.18. The van der Waals surface area contributed by atoms with Crippen molar-refractivity contribution in [3.8, 4) is 11.3 Å². The van der Waals surface area contributed by atoms with Gasteiger partial charge < -0.3 is 5.11 Å². The highest BCUT2D eigenvalue weighted by atomic mass is 16.3. The highest BCUT2D eigenvalue weighted by Gasteiger charge is 2.29. The largest absolute Gasteiger partial charge is 0.391 e. The zero-order chi connectivity index (χ0) is 12.5. The normalized spacial score (nSPS) is 23.4. The second kappa shape index (κ2) is 4.58. The van der Waals surface area contributed by atoms with Crippen LogP contribution in [-0.2, 0) is 0 Å². The summed E-state index contributed by atoms with van der Waals surface area (Å²) in [7, 11) is 0. The minimum Gasteiger partial charge on any atom is -0.391 e. The molecule has 1 saturated carbocycles. The van der Waals surface area contributed by atoms with Crippen LogP contribution in [0.1, 0.15) is 31.0 Å². The van der Waals surface area contributed by atoms with Crippen molar-refractivity contribution in [1.82, 2.24) is 9.78 Å². The third-order valence-corrected chi connectivity index (χ3v) is 3.69. The van der Waals surface area contributed by atoms with E-state index in [4.69, 9.17) is 0 Å². The number of aliphatic hydroxyl groups excluding tert-OH is 1. The maximum absolute atomic E-state index is 10.1. The average Bonchev–Trinajstić information content (AvgIpc) is 2.96. The Bertz CT molecular complexity index is 533. The Morgan fingerprint density at radius 3 is 2.67 bits per heavy atom. The Labute approximate surface area is 107 Å². The molecule has 0 spiro atoms. The lowest BCUT2D eigenvalue weighted by molar-refractivity contribution is 0.131. The number of benzene rings is 1. The van der Waals surface area contributed by atoms with E-state index in [-0.39, 0.29) is 12.1 Å². The molecule has 0 aliphatic heterocycles. The van der Waals surface area contributed by atoms with Gasteiger partial charge in [-0.25, -0.2) is 0 Å². The molecule has 1 heterocycles. The van der Waals surface area contributed by atoms with Crippen LogP contribution in [0.25, 0.3) is 11.3 Å². The van der Waals surface area contributed by atoms with Gasteiger partial charge in [-0.2, -0.15) is 5.10 Å². The average molecular weight is 242 g/mol. The van der Waals surface area contributed by atoms with Crippen molar-refractivity contribution in [2.75, 3.05) is 0 Å². The maximum Gasteiger partial charge on any atom is 0.0785 e. The molecular formula is C15H18N2O. The van der Waals surface area contributed by atoms with Crippen LogP contribution in [0.15, 0.2) is 36.4 Å². The fourth-order valence-corrected chi connectivity index (χ4v) is 2.80. The molecule has 2 aromatic rings. The highest BCUT2D eigenvalue weighted by Crippen LogP contribution is 2.33. The minimum absolute atomic E-state index is 0.133. The van der Waals surface area contributed by atoms with E-state index in [0.717, 1.165) is 36.2 Å².